The van der Waals surface area contributed by atoms with Crippen molar-refractivity contribution in [2.24, 2.45) is 5.92 Å². The molecule has 1 aromatic carbocycles. The van der Waals surface area contributed by atoms with Crippen molar-refractivity contribution >= 4 is 24.0 Å². The first-order valence-corrected chi connectivity index (χ1v) is 8.06. The molecule has 5 nitrogen and oxygen atoms in total. The molecule has 0 aliphatic carbocycles. The summed E-state index contributed by atoms with van der Waals surface area (Å²) in [6.07, 6.45) is 3.52. The molecule has 128 valence electrons. The van der Waals surface area contributed by atoms with Crippen molar-refractivity contribution in [3.63, 3.8) is 0 Å². The van der Waals surface area contributed by atoms with E-state index in [0.29, 0.717) is 6.04 Å². The van der Waals surface area contributed by atoms with Gasteiger partial charge in [-0.05, 0) is 51.4 Å². The lowest BCUT2D eigenvalue weighted by Gasteiger charge is -2.27. The predicted octanol–water partition coefficient (Wildman–Crippen LogP) is 3.20. The summed E-state index contributed by atoms with van der Waals surface area (Å²) in [7, 11) is 0. The number of hydrogen-bond donors (Lipinski definition) is 2. The highest BCUT2D eigenvalue weighted by molar-refractivity contribution is 5.93. The van der Waals surface area contributed by atoms with Gasteiger partial charge in [0.2, 0.25) is 5.91 Å². The maximum atomic E-state index is 12.5. The van der Waals surface area contributed by atoms with Crippen LogP contribution in [0.1, 0.15) is 25.6 Å². The third-order valence-corrected chi connectivity index (χ3v) is 4.20. The fraction of sp³-hybridized carbons (Fsp3) is 0.389. The second kappa shape index (κ2) is 8.22. The Morgan fingerprint density at radius 2 is 2.17 bits per heavy atom. The van der Waals surface area contributed by atoms with E-state index in [1.165, 1.54) is 0 Å². The number of hydrogen-bond acceptors (Lipinski definition) is 4. The van der Waals surface area contributed by atoms with Gasteiger partial charge in [-0.1, -0.05) is 12.1 Å². The highest BCUT2D eigenvalue weighted by atomic mass is 35.5. The van der Waals surface area contributed by atoms with E-state index in [0.717, 1.165) is 42.2 Å². The largest absolute Gasteiger partial charge is 0.326 e. The Morgan fingerprint density at radius 3 is 2.92 bits per heavy atom. The van der Waals surface area contributed by atoms with Crippen molar-refractivity contribution < 1.29 is 4.79 Å². The minimum absolute atomic E-state index is 0. The van der Waals surface area contributed by atoms with E-state index in [2.05, 4.69) is 27.5 Å². The van der Waals surface area contributed by atoms with Crippen molar-refractivity contribution in [3.05, 3.63) is 42.4 Å². The number of piperidine rings is 1. The van der Waals surface area contributed by atoms with Gasteiger partial charge in [0.15, 0.2) is 0 Å². The van der Waals surface area contributed by atoms with Crippen LogP contribution >= 0.6 is 12.4 Å². The van der Waals surface area contributed by atoms with E-state index < -0.39 is 0 Å². The summed E-state index contributed by atoms with van der Waals surface area (Å²) in [4.78, 5) is 21.0. The molecule has 0 spiro atoms. The molecule has 2 atom stereocenters. The van der Waals surface area contributed by atoms with Crippen molar-refractivity contribution in [1.29, 1.82) is 0 Å². The average molecular weight is 347 g/mol. The van der Waals surface area contributed by atoms with E-state index >= 15 is 0 Å². The number of amides is 1. The Labute approximate surface area is 148 Å². The summed E-state index contributed by atoms with van der Waals surface area (Å²) in [5, 5.41) is 6.42. The number of nitrogens with zero attached hydrogens (tertiary/aromatic N) is 2. The SMILES string of the molecule is Cc1nccc(-c2cccc(NC(=O)[C@H]3CCN[C@@H](C)C3)c2)n1.Cl. The lowest BCUT2D eigenvalue weighted by molar-refractivity contribution is -0.120. The van der Waals surface area contributed by atoms with Gasteiger partial charge in [-0.2, -0.15) is 0 Å². The van der Waals surface area contributed by atoms with Crippen LogP contribution in [0, 0.1) is 12.8 Å². The van der Waals surface area contributed by atoms with Gasteiger partial charge in [-0.25, -0.2) is 9.97 Å². The lowest BCUT2D eigenvalue weighted by Crippen LogP contribution is -2.40. The van der Waals surface area contributed by atoms with E-state index in [-0.39, 0.29) is 24.2 Å². The van der Waals surface area contributed by atoms with Crippen LogP contribution in [0.3, 0.4) is 0 Å². The van der Waals surface area contributed by atoms with E-state index in [4.69, 9.17) is 0 Å². The van der Waals surface area contributed by atoms with E-state index in [1.807, 2.05) is 37.3 Å². The molecule has 3 rings (SSSR count). The number of anilines is 1. The third-order valence-electron chi connectivity index (χ3n) is 4.20. The summed E-state index contributed by atoms with van der Waals surface area (Å²) < 4.78 is 0. The summed E-state index contributed by atoms with van der Waals surface area (Å²) in [5.41, 5.74) is 2.66. The molecule has 0 unspecified atom stereocenters. The molecule has 6 heteroatoms. The van der Waals surface area contributed by atoms with E-state index in [9.17, 15) is 4.79 Å². The van der Waals surface area contributed by atoms with Gasteiger partial charge in [0, 0.05) is 29.4 Å². The molecular formula is C18H23ClN4O. The van der Waals surface area contributed by atoms with Gasteiger partial charge in [0.05, 0.1) is 5.69 Å². The molecule has 1 saturated heterocycles. The number of benzene rings is 1. The van der Waals surface area contributed by atoms with Crippen LogP contribution < -0.4 is 10.6 Å². The number of rotatable bonds is 3. The molecule has 1 aromatic heterocycles. The highest BCUT2D eigenvalue weighted by Gasteiger charge is 2.24. The minimum Gasteiger partial charge on any atom is -0.326 e. The second-order valence-corrected chi connectivity index (χ2v) is 6.14. The van der Waals surface area contributed by atoms with Crippen molar-refractivity contribution in [2.45, 2.75) is 32.7 Å². The van der Waals surface area contributed by atoms with Crippen LogP contribution in [0.15, 0.2) is 36.5 Å². The number of carbonyl (C=O) groups is 1. The van der Waals surface area contributed by atoms with Crippen molar-refractivity contribution in [2.75, 3.05) is 11.9 Å². The fourth-order valence-electron chi connectivity index (χ4n) is 2.99. The Morgan fingerprint density at radius 1 is 1.33 bits per heavy atom. The van der Waals surface area contributed by atoms with Crippen LogP contribution in [0.2, 0.25) is 0 Å². The molecule has 24 heavy (non-hydrogen) atoms. The topological polar surface area (TPSA) is 66.9 Å². The Balaban J connectivity index is 0.00000208. The quantitative estimate of drug-likeness (QED) is 0.895. The molecule has 0 saturated carbocycles. The molecule has 0 radical (unpaired) electrons. The van der Waals surface area contributed by atoms with Crippen LogP contribution in [0.5, 0.6) is 0 Å². The Bertz CT molecular complexity index is 707. The van der Waals surface area contributed by atoms with Gasteiger partial charge in [-0.3, -0.25) is 4.79 Å². The zero-order chi connectivity index (χ0) is 16.2. The lowest BCUT2D eigenvalue weighted by atomic mass is 9.92. The summed E-state index contributed by atoms with van der Waals surface area (Å²) >= 11 is 0. The van der Waals surface area contributed by atoms with Gasteiger partial charge >= 0.3 is 0 Å². The van der Waals surface area contributed by atoms with Crippen LogP contribution in [0.25, 0.3) is 11.3 Å². The van der Waals surface area contributed by atoms with Crippen molar-refractivity contribution in [3.8, 4) is 11.3 Å². The average Bonchev–Trinajstić information content (AvgIpc) is 2.55. The van der Waals surface area contributed by atoms with Gasteiger partial charge < -0.3 is 10.6 Å². The summed E-state index contributed by atoms with van der Waals surface area (Å²) in [6, 6.07) is 10.1. The third kappa shape index (κ3) is 4.52. The molecule has 2 heterocycles. The van der Waals surface area contributed by atoms with Crippen LogP contribution in [-0.4, -0.2) is 28.5 Å². The van der Waals surface area contributed by atoms with Crippen LogP contribution in [0.4, 0.5) is 5.69 Å². The molecule has 1 aliphatic rings. The summed E-state index contributed by atoms with van der Waals surface area (Å²) in [5.74, 6) is 0.922. The predicted molar refractivity (Wildman–Crippen MR) is 98.3 cm³/mol. The first kappa shape index (κ1) is 18.4. The molecule has 1 aliphatic heterocycles. The maximum Gasteiger partial charge on any atom is 0.227 e. The standard InChI is InChI=1S/C18H22N4O.ClH/c1-12-10-15(6-8-19-12)18(23)22-16-5-3-4-14(11-16)17-7-9-20-13(2)21-17;/h3-5,7,9,11-12,15,19H,6,8,10H2,1-2H3,(H,22,23);1H/t12-,15-;/m0./s1. The molecule has 1 fully saturated rings. The van der Waals surface area contributed by atoms with Crippen molar-refractivity contribution in [1.82, 2.24) is 15.3 Å². The second-order valence-electron chi connectivity index (χ2n) is 6.14. The molecule has 2 N–H and O–H groups in total. The van der Waals surface area contributed by atoms with E-state index in [1.54, 1.807) is 6.20 Å². The minimum atomic E-state index is 0. The number of nitrogens with one attached hydrogen (secondary N) is 2. The monoisotopic (exact) mass is 346 g/mol. The molecular weight excluding hydrogens is 324 g/mol. The Kier molecular flexibility index (Phi) is 6.29. The molecule has 2 aromatic rings. The molecule has 1 amide bonds. The fourth-order valence-corrected chi connectivity index (χ4v) is 2.99. The van der Waals surface area contributed by atoms with Gasteiger partial charge in [0.1, 0.15) is 5.82 Å². The highest BCUT2D eigenvalue weighted by Crippen LogP contribution is 2.23. The number of carbonyl (C=O) groups excluding carboxylic acids is 1. The number of aryl methyl sites for hydroxylation is 1. The summed E-state index contributed by atoms with van der Waals surface area (Å²) in [6.45, 7) is 4.89. The number of halogens is 1. The smallest absolute Gasteiger partial charge is 0.227 e. The first-order valence-electron chi connectivity index (χ1n) is 8.06. The molecule has 0 bridgehead atoms. The normalized spacial score (nSPS) is 20.1. The first-order chi connectivity index (χ1) is 11.1. The number of aromatic nitrogens is 2. The van der Waals surface area contributed by atoms with Gasteiger partial charge in [-0.15, -0.1) is 12.4 Å². The zero-order valence-corrected chi connectivity index (χ0v) is 14.8. The maximum absolute atomic E-state index is 12.5. The zero-order valence-electron chi connectivity index (χ0n) is 14.0. The Hall–Kier alpha value is -1.98. The van der Waals surface area contributed by atoms with Crippen LogP contribution in [-0.2, 0) is 4.79 Å². The van der Waals surface area contributed by atoms with Gasteiger partial charge in [0.25, 0.3) is 0 Å².